The molecule has 0 aromatic rings. The van der Waals surface area contributed by atoms with Crippen molar-refractivity contribution in [3.8, 4) is 0 Å². The fourth-order valence-corrected chi connectivity index (χ4v) is 3.53. The molecule has 2 aliphatic rings. The number of hydrogen-bond donors (Lipinski definition) is 0. The van der Waals surface area contributed by atoms with E-state index in [1.54, 1.807) is 0 Å². The van der Waals surface area contributed by atoms with Crippen LogP contribution in [0, 0.1) is 11.8 Å². The van der Waals surface area contributed by atoms with Gasteiger partial charge in [-0.15, -0.1) is 0 Å². The van der Waals surface area contributed by atoms with Crippen LogP contribution in [0.4, 0.5) is 0 Å². The van der Waals surface area contributed by atoms with Crippen LogP contribution in [0.15, 0.2) is 0 Å². The highest BCUT2D eigenvalue weighted by Crippen LogP contribution is 2.28. The Kier molecular flexibility index (Phi) is 4.48. The summed E-state index contributed by atoms with van der Waals surface area (Å²) in [4.78, 5) is 5.36. The Balaban J connectivity index is 1.78. The largest absolute Gasteiger partial charge is 0.301 e. The van der Waals surface area contributed by atoms with Crippen molar-refractivity contribution in [1.29, 1.82) is 0 Å². The maximum absolute atomic E-state index is 2.71. The summed E-state index contributed by atoms with van der Waals surface area (Å²) < 4.78 is 0. The van der Waals surface area contributed by atoms with Crippen LogP contribution in [0.3, 0.4) is 0 Å². The molecule has 17 heavy (non-hydrogen) atoms. The van der Waals surface area contributed by atoms with Crippen LogP contribution in [-0.2, 0) is 0 Å². The van der Waals surface area contributed by atoms with Crippen LogP contribution in [0.5, 0.6) is 0 Å². The lowest BCUT2D eigenvalue weighted by molar-refractivity contribution is 0.187. The van der Waals surface area contributed by atoms with Crippen LogP contribution in [0.25, 0.3) is 0 Å². The molecular weight excluding hydrogens is 208 g/mol. The molecule has 2 saturated heterocycles. The van der Waals surface area contributed by atoms with Crippen molar-refractivity contribution < 1.29 is 0 Å². The first-order valence-corrected chi connectivity index (χ1v) is 7.56. The Morgan fingerprint density at radius 1 is 1.12 bits per heavy atom. The van der Waals surface area contributed by atoms with Crippen molar-refractivity contribution in [2.45, 2.75) is 59.0 Å². The van der Waals surface area contributed by atoms with Gasteiger partial charge in [-0.2, -0.15) is 0 Å². The average Bonchev–Trinajstić information content (AvgIpc) is 2.88. The topological polar surface area (TPSA) is 6.48 Å². The van der Waals surface area contributed by atoms with E-state index in [4.69, 9.17) is 0 Å². The summed E-state index contributed by atoms with van der Waals surface area (Å²) in [7, 11) is 0. The van der Waals surface area contributed by atoms with Gasteiger partial charge in [0, 0.05) is 25.2 Å². The highest BCUT2D eigenvalue weighted by atomic mass is 15.2. The van der Waals surface area contributed by atoms with Gasteiger partial charge in [0.1, 0.15) is 0 Å². The fourth-order valence-electron chi connectivity index (χ4n) is 3.53. The molecule has 100 valence electrons. The third-order valence-corrected chi connectivity index (χ3v) is 5.00. The summed E-state index contributed by atoms with van der Waals surface area (Å²) in [6.07, 6.45) is 4.24. The van der Waals surface area contributed by atoms with Crippen molar-refractivity contribution in [1.82, 2.24) is 9.80 Å². The summed E-state index contributed by atoms with van der Waals surface area (Å²) in [5.74, 6) is 1.81. The number of nitrogens with zero attached hydrogens (tertiary/aromatic N) is 2. The molecule has 0 amide bonds. The van der Waals surface area contributed by atoms with Crippen LogP contribution < -0.4 is 0 Å². The Bertz CT molecular complexity index is 239. The standard InChI is InChI=1S/C15H30N2/c1-12(2)16-9-7-15(11-16)13(3)10-17-8-5-6-14(17)4/h12-15H,5-11H2,1-4H3. The Labute approximate surface area is 107 Å². The molecule has 2 fully saturated rings. The Morgan fingerprint density at radius 2 is 1.88 bits per heavy atom. The molecule has 2 heterocycles. The van der Waals surface area contributed by atoms with E-state index in [-0.39, 0.29) is 0 Å². The normalized spacial score (nSPS) is 33.7. The van der Waals surface area contributed by atoms with Crippen molar-refractivity contribution in [3.63, 3.8) is 0 Å². The predicted molar refractivity (Wildman–Crippen MR) is 74.2 cm³/mol. The highest BCUT2D eigenvalue weighted by molar-refractivity contribution is 4.84. The smallest absolute Gasteiger partial charge is 0.00675 e. The van der Waals surface area contributed by atoms with E-state index in [9.17, 15) is 0 Å². The van der Waals surface area contributed by atoms with Crippen LogP contribution >= 0.6 is 0 Å². The second-order valence-electron chi connectivity index (χ2n) is 6.60. The second-order valence-corrected chi connectivity index (χ2v) is 6.60. The number of hydrogen-bond acceptors (Lipinski definition) is 2. The molecular formula is C15H30N2. The van der Waals surface area contributed by atoms with Gasteiger partial charge in [-0.3, -0.25) is 0 Å². The average molecular weight is 238 g/mol. The minimum atomic E-state index is 0.734. The van der Waals surface area contributed by atoms with E-state index < -0.39 is 0 Å². The molecule has 2 rings (SSSR count). The van der Waals surface area contributed by atoms with Gasteiger partial charge >= 0.3 is 0 Å². The molecule has 2 heteroatoms. The quantitative estimate of drug-likeness (QED) is 0.743. The molecule has 0 saturated carbocycles. The van der Waals surface area contributed by atoms with E-state index in [1.807, 2.05) is 0 Å². The lowest BCUT2D eigenvalue weighted by Gasteiger charge is -2.28. The van der Waals surface area contributed by atoms with Crippen molar-refractivity contribution in [3.05, 3.63) is 0 Å². The molecule has 3 unspecified atom stereocenters. The summed E-state index contributed by atoms with van der Waals surface area (Å²) in [6, 6.07) is 1.57. The molecule has 2 nitrogen and oxygen atoms in total. The van der Waals surface area contributed by atoms with Gasteiger partial charge in [-0.1, -0.05) is 6.92 Å². The molecule has 0 aromatic carbocycles. The van der Waals surface area contributed by atoms with Gasteiger partial charge in [-0.25, -0.2) is 0 Å². The second kappa shape index (κ2) is 5.71. The monoisotopic (exact) mass is 238 g/mol. The minimum Gasteiger partial charge on any atom is -0.301 e. The van der Waals surface area contributed by atoms with Crippen LogP contribution in [0.2, 0.25) is 0 Å². The Hall–Kier alpha value is -0.0800. The zero-order chi connectivity index (χ0) is 12.4. The van der Waals surface area contributed by atoms with E-state index in [1.165, 1.54) is 45.4 Å². The van der Waals surface area contributed by atoms with Gasteiger partial charge in [0.25, 0.3) is 0 Å². The first kappa shape index (κ1) is 13.4. The summed E-state index contributed by atoms with van der Waals surface area (Å²) in [5.41, 5.74) is 0. The third-order valence-electron chi connectivity index (χ3n) is 5.00. The van der Waals surface area contributed by atoms with Gasteiger partial charge < -0.3 is 9.80 Å². The lowest BCUT2D eigenvalue weighted by Crippen LogP contribution is -2.35. The summed E-state index contributed by atoms with van der Waals surface area (Å²) in [6.45, 7) is 14.9. The molecule has 3 atom stereocenters. The zero-order valence-electron chi connectivity index (χ0n) is 12.2. The van der Waals surface area contributed by atoms with E-state index >= 15 is 0 Å². The van der Waals surface area contributed by atoms with Crippen molar-refractivity contribution in [2.75, 3.05) is 26.2 Å². The lowest BCUT2D eigenvalue weighted by atomic mass is 9.92. The maximum atomic E-state index is 2.71. The first-order chi connectivity index (χ1) is 8.08. The SMILES string of the molecule is CC(CN1CCCC1C)C1CCN(C(C)C)C1. The van der Waals surface area contributed by atoms with Gasteiger partial charge in [0.05, 0.1) is 0 Å². The van der Waals surface area contributed by atoms with Crippen LogP contribution in [0.1, 0.15) is 47.0 Å². The number of rotatable bonds is 4. The van der Waals surface area contributed by atoms with Crippen molar-refractivity contribution >= 4 is 0 Å². The predicted octanol–water partition coefficient (Wildman–Crippen LogP) is 2.84. The molecule has 0 radical (unpaired) electrons. The van der Waals surface area contributed by atoms with Gasteiger partial charge in [-0.05, 0) is 65.0 Å². The fraction of sp³-hybridized carbons (Fsp3) is 1.00. The first-order valence-electron chi connectivity index (χ1n) is 7.56. The molecule has 0 spiro atoms. The molecule has 0 bridgehead atoms. The van der Waals surface area contributed by atoms with Crippen molar-refractivity contribution in [2.24, 2.45) is 11.8 Å². The number of likely N-dealkylation sites (tertiary alicyclic amines) is 2. The zero-order valence-corrected chi connectivity index (χ0v) is 12.2. The molecule has 0 aliphatic carbocycles. The van der Waals surface area contributed by atoms with Crippen LogP contribution in [-0.4, -0.2) is 48.1 Å². The molecule has 2 aliphatic heterocycles. The summed E-state index contributed by atoms with van der Waals surface area (Å²) in [5, 5.41) is 0. The summed E-state index contributed by atoms with van der Waals surface area (Å²) >= 11 is 0. The molecule has 0 aromatic heterocycles. The van der Waals surface area contributed by atoms with Gasteiger partial charge in [0.15, 0.2) is 0 Å². The van der Waals surface area contributed by atoms with E-state index in [0.717, 1.165) is 23.9 Å². The highest BCUT2D eigenvalue weighted by Gasteiger charge is 2.30. The van der Waals surface area contributed by atoms with E-state index in [0.29, 0.717) is 0 Å². The maximum Gasteiger partial charge on any atom is 0.00675 e. The van der Waals surface area contributed by atoms with E-state index in [2.05, 4.69) is 37.5 Å². The minimum absolute atomic E-state index is 0.734. The van der Waals surface area contributed by atoms with Gasteiger partial charge in [0.2, 0.25) is 0 Å². The molecule has 0 N–H and O–H groups in total. The Morgan fingerprint density at radius 3 is 2.41 bits per heavy atom. The third kappa shape index (κ3) is 3.23.